The first-order valence-electron chi connectivity index (χ1n) is 5.75. The summed E-state index contributed by atoms with van der Waals surface area (Å²) in [4.78, 5) is 4.92. The number of rotatable bonds is 4. The van der Waals surface area contributed by atoms with Gasteiger partial charge in [-0.15, -0.1) is 11.3 Å². The number of alkyl halides is 3. The van der Waals surface area contributed by atoms with Gasteiger partial charge in [-0.05, 0) is 18.6 Å². The summed E-state index contributed by atoms with van der Waals surface area (Å²) in [6, 6.07) is 5.27. The summed E-state index contributed by atoms with van der Waals surface area (Å²) in [5.41, 5.74) is 1.38. The summed E-state index contributed by atoms with van der Waals surface area (Å²) >= 11 is 1.47. The average molecular weight is 286 g/mol. The van der Waals surface area contributed by atoms with Gasteiger partial charge in [0, 0.05) is 23.7 Å². The molecule has 1 heterocycles. The van der Waals surface area contributed by atoms with Crippen molar-refractivity contribution >= 4 is 11.3 Å². The van der Waals surface area contributed by atoms with Crippen molar-refractivity contribution in [1.82, 2.24) is 10.3 Å². The quantitative estimate of drug-likeness (QED) is 0.918. The van der Waals surface area contributed by atoms with E-state index < -0.39 is 11.7 Å². The van der Waals surface area contributed by atoms with E-state index in [0.717, 1.165) is 10.9 Å². The molecule has 6 heteroatoms. The maximum Gasteiger partial charge on any atom is 0.416 e. The van der Waals surface area contributed by atoms with E-state index in [2.05, 4.69) is 10.3 Å². The van der Waals surface area contributed by atoms with E-state index in [0.29, 0.717) is 6.54 Å². The molecule has 1 aromatic heterocycles. The summed E-state index contributed by atoms with van der Waals surface area (Å²) in [6.45, 7) is 2.24. The first kappa shape index (κ1) is 14.0. The van der Waals surface area contributed by atoms with Crippen molar-refractivity contribution < 1.29 is 13.2 Å². The Balaban J connectivity index is 2.12. The monoisotopic (exact) mass is 286 g/mol. The molecule has 2 aromatic rings. The van der Waals surface area contributed by atoms with Gasteiger partial charge in [0.1, 0.15) is 0 Å². The molecular formula is C13H13F3N2S. The molecule has 1 atom stereocenters. The maximum absolute atomic E-state index is 12.9. The van der Waals surface area contributed by atoms with E-state index in [1.165, 1.54) is 23.5 Å². The molecule has 0 fully saturated rings. The minimum absolute atomic E-state index is 0.263. The van der Waals surface area contributed by atoms with Gasteiger partial charge in [-0.1, -0.05) is 18.2 Å². The van der Waals surface area contributed by atoms with Crippen LogP contribution in [0.1, 0.15) is 29.0 Å². The highest BCUT2D eigenvalue weighted by Gasteiger charge is 2.33. The highest BCUT2D eigenvalue weighted by Crippen LogP contribution is 2.34. The van der Waals surface area contributed by atoms with Crippen LogP contribution in [0.15, 0.2) is 36.0 Å². The van der Waals surface area contributed by atoms with Crippen molar-refractivity contribution in [3.63, 3.8) is 0 Å². The maximum atomic E-state index is 12.9. The summed E-state index contributed by atoms with van der Waals surface area (Å²) in [6.07, 6.45) is -2.61. The van der Waals surface area contributed by atoms with Crippen LogP contribution in [0.5, 0.6) is 0 Å². The van der Waals surface area contributed by atoms with Crippen molar-refractivity contribution in [1.29, 1.82) is 0 Å². The molecule has 0 aliphatic rings. The van der Waals surface area contributed by atoms with Crippen molar-refractivity contribution in [3.05, 3.63) is 52.0 Å². The van der Waals surface area contributed by atoms with Gasteiger partial charge in [-0.3, -0.25) is 4.98 Å². The molecule has 1 N–H and O–H groups in total. The highest BCUT2D eigenvalue weighted by atomic mass is 32.1. The molecular weight excluding hydrogens is 273 g/mol. The van der Waals surface area contributed by atoms with Gasteiger partial charge in [-0.2, -0.15) is 13.2 Å². The molecule has 0 aliphatic heterocycles. The van der Waals surface area contributed by atoms with E-state index in [-0.39, 0.29) is 11.6 Å². The number of nitrogens with zero attached hydrogens (tertiary/aromatic N) is 1. The number of benzene rings is 1. The molecule has 0 saturated carbocycles. The van der Waals surface area contributed by atoms with Gasteiger partial charge in [-0.25, -0.2) is 0 Å². The lowest BCUT2D eigenvalue weighted by Gasteiger charge is -2.19. The number of halogens is 3. The Hall–Kier alpha value is -1.40. The largest absolute Gasteiger partial charge is 0.416 e. The minimum atomic E-state index is -4.32. The third kappa shape index (κ3) is 3.54. The molecule has 0 saturated heterocycles. The zero-order valence-electron chi connectivity index (χ0n) is 10.2. The molecule has 1 aromatic carbocycles. The van der Waals surface area contributed by atoms with Crippen molar-refractivity contribution in [2.24, 2.45) is 0 Å². The van der Waals surface area contributed by atoms with Crippen LogP contribution in [0, 0.1) is 0 Å². The van der Waals surface area contributed by atoms with Gasteiger partial charge in [0.15, 0.2) is 0 Å². The number of thiazole rings is 1. The van der Waals surface area contributed by atoms with Crippen LogP contribution in [-0.4, -0.2) is 4.98 Å². The Bertz CT molecular complexity index is 523. The second kappa shape index (κ2) is 5.71. The molecule has 0 aliphatic carbocycles. The summed E-state index contributed by atoms with van der Waals surface area (Å²) in [7, 11) is 0. The molecule has 0 spiro atoms. The first-order chi connectivity index (χ1) is 8.98. The summed E-state index contributed by atoms with van der Waals surface area (Å²) in [5, 5.41) is 3.08. The fraction of sp³-hybridized carbons (Fsp3) is 0.308. The predicted molar refractivity (Wildman–Crippen MR) is 68.8 cm³/mol. The Morgan fingerprint density at radius 2 is 2.05 bits per heavy atom. The first-order valence-corrected chi connectivity index (χ1v) is 6.63. The Labute approximate surface area is 113 Å². The molecule has 0 radical (unpaired) electrons. The van der Waals surface area contributed by atoms with E-state index in [1.807, 2.05) is 0 Å². The number of hydrogen-bond acceptors (Lipinski definition) is 3. The smallest absolute Gasteiger partial charge is 0.305 e. The lowest BCUT2D eigenvalue weighted by Crippen LogP contribution is -2.21. The topological polar surface area (TPSA) is 24.9 Å². The molecule has 102 valence electrons. The van der Waals surface area contributed by atoms with Gasteiger partial charge in [0.2, 0.25) is 0 Å². The molecule has 1 unspecified atom stereocenters. The average Bonchev–Trinajstić information content (AvgIpc) is 2.88. The lowest BCUT2D eigenvalue weighted by molar-refractivity contribution is -0.138. The number of hydrogen-bond donors (Lipinski definition) is 1. The van der Waals surface area contributed by atoms with Crippen LogP contribution in [0.25, 0.3) is 0 Å². The highest BCUT2D eigenvalue weighted by molar-refractivity contribution is 7.09. The normalized spacial score (nSPS) is 13.5. The van der Waals surface area contributed by atoms with Gasteiger partial charge >= 0.3 is 6.18 Å². The third-order valence-corrected chi connectivity index (χ3v) is 3.58. The molecule has 0 bridgehead atoms. The Morgan fingerprint density at radius 1 is 1.32 bits per heavy atom. The number of aromatic nitrogens is 1. The third-order valence-electron chi connectivity index (χ3n) is 2.80. The second-order valence-electron chi connectivity index (χ2n) is 4.16. The fourth-order valence-corrected chi connectivity index (χ4v) is 2.37. The van der Waals surface area contributed by atoms with Gasteiger partial charge in [0.25, 0.3) is 0 Å². The van der Waals surface area contributed by atoms with E-state index >= 15 is 0 Å². The SMILES string of the molecule is CC(NCc1cncs1)c1ccccc1C(F)(F)F. The van der Waals surface area contributed by atoms with Crippen LogP contribution in [0.3, 0.4) is 0 Å². The van der Waals surface area contributed by atoms with Crippen LogP contribution in [0.4, 0.5) is 13.2 Å². The second-order valence-corrected chi connectivity index (χ2v) is 5.13. The van der Waals surface area contributed by atoms with Gasteiger partial charge in [0.05, 0.1) is 11.1 Å². The standard InChI is InChI=1S/C13H13F3N2S/c1-9(18-7-10-6-17-8-19-10)11-4-2-3-5-12(11)13(14,15)16/h2-6,8-9,18H,7H2,1H3. The van der Waals surface area contributed by atoms with Crippen molar-refractivity contribution in [3.8, 4) is 0 Å². The summed E-state index contributed by atoms with van der Waals surface area (Å²) < 4.78 is 38.7. The van der Waals surface area contributed by atoms with E-state index in [1.54, 1.807) is 24.7 Å². The molecule has 2 nitrogen and oxygen atoms in total. The molecule has 19 heavy (non-hydrogen) atoms. The Kier molecular flexibility index (Phi) is 4.21. The predicted octanol–water partition coefficient (Wildman–Crippen LogP) is 4.01. The van der Waals surface area contributed by atoms with E-state index in [4.69, 9.17) is 0 Å². The van der Waals surface area contributed by atoms with Gasteiger partial charge < -0.3 is 5.32 Å². The summed E-state index contributed by atoms with van der Waals surface area (Å²) in [5.74, 6) is 0. The van der Waals surface area contributed by atoms with E-state index in [9.17, 15) is 13.2 Å². The zero-order valence-corrected chi connectivity index (χ0v) is 11.1. The lowest BCUT2D eigenvalue weighted by atomic mass is 10.0. The Morgan fingerprint density at radius 3 is 2.68 bits per heavy atom. The molecule has 2 rings (SSSR count). The minimum Gasteiger partial charge on any atom is -0.305 e. The fourth-order valence-electron chi connectivity index (χ4n) is 1.83. The van der Waals surface area contributed by atoms with Crippen LogP contribution in [0.2, 0.25) is 0 Å². The number of nitrogens with one attached hydrogen (secondary N) is 1. The van der Waals surface area contributed by atoms with Crippen molar-refractivity contribution in [2.75, 3.05) is 0 Å². The zero-order chi connectivity index (χ0) is 13.9. The van der Waals surface area contributed by atoms with Crippen LogP contribution in [-0.2, 0) is 12.7 Å². The van der Waals surface area contributed by atoms with Crippen molar-refractivity contribution in [2.45, 2.75) is 25.7 Å². The van der Waals surface area contributed by atoms with Crippen LogP contribution >= 0.6 is 11.3 Å². The van der Waals surface area contributed by atoms with Crippen LogP contribution < -0.4 is 5.32 Å². The molecule has 0 amide bonds.